The Hall–Kier alpha value is -1.81. The van der Waals surface area contributed by atoms with E-state index in [0.717, 1.165) is 13.2 Å². The molecule has 0 aliphatic heterocycles. The number of halogens is 3. The maximum Gasteiger partial charge on any atom is 0.235 e. The second kappa shape index (κ2) is 4.61. The lowest BCUT2D eigenvalue weighted by molar-refractivity contribution is 0.368. The van der Waals surface area contributed by atoms with Crippen LogP contribution in [0.4, 0.5) is 13.2 Å². The molecule has 0 amide bonds. The van der Waals surface area contributed by atoms with E-state index < -0.39 is 35.3 Å². The normalized spacial score (nSPS) is 9.60. The van der Waals surface area contributed by atoms with Crippen molar-refractivity contribution in [2.75, 3.05) is 7.11 Å². The molecule has 6 heteroatoms. The second-order valence-corrected chi connectivity index (χ2v) is 2.57. The van der Waals surface area contributed by atoms with Gasteiger partial charge in [0, 0.05) is 6.07 Å². The molecule has 0 N–H and O–H groups in total. The zero-order valence-corrected chi connectivity index (χ0v) is 7.68. The molecule has 0 fully saturated rings. The summed E-state index contributed by atoms with van der Waals surface area (Å²) in [6.07, 6.45) is 1.14. The van der Waals surface area contributed by atoms with Gasteiger partial charge in [-0.2, -0.15) is 0 Å². The van der Waals surface area contributed by atoms with Crippen LogP contribution in [0, 0.1) is 17.5 Å². The van der Waals surface area contributed by atoms with E-state index in [9.17, 15) is 18.0 Å². The van der Waals surface area contributed by atoms with E-state index in [1.165, 1.54) is 0 Å². The molecule has 3 nitrogen and oxygen atoms in total. The molecule has 80 valence electrons. The summed E-state index contributed by atoms with van der Waals surface area (Å²) in [6, 6.07) is 0.363. The molecule has 1 rings (SSSR count). The van der Waals surface area contributed by atoms with Gasteiger partial charge in [0.2, 0.25) is 6.08 Å². The Morgan fingerprint density at radius 2 is 2.07 bits per heavy atom. The highest BCUT2D eigenvalue weighted by molar-refractivity contribution is 5.39. The van der Waals surface area contributed by atoms with Gasteiger partial charge in [0.05, 0.1) is 19.2 Å². The Morgan fingerprint density at radius 1 is 1.40 bits per heavy atom. The molecule has 0 atom stereocenters. The molecular weight excluding hydrogens is 211 g/mol. The number of carbonyl (C=O) groups excluding carboxylic acids is 1. The van der Waals surface area contributed by atoms with Gasteiger partial charge in [-0.05, 0) is 0 Å². The number of methoxy groups -OCH3 is 1. The number of aliphatic imine (C=N–C) groups is 1. The maximum atomic E-state index is 13.1. The highest BCUT2D eigenvalue weighted by atomic mass is 19.2. The molecule has 0 heterocycles. The first-order valence-corrected chi connectivity index (χ1v) is 3.85. The van der Waals surface area contributed by atoms with Crippen molar-refractivity contribution in [3.63, 3.8) is 0 Å². The summed E-state index contributed by atoms with van der Waals surface area (Å²) in [4.78, 5) is 12.9. The highest BCUT2D eigenvalue weighted by Crippen LogP contribution is 2.27. The van der Waals surface area contributed by atoms with E-state index >= 15 is 0 Å². The largest absolute Gasteiger partial charge is 0.493 e. The van der Waals surface area contributed by atoms with Crippen molar-refractivity contribution >= 4 is 6.08 Å². The van der Waals surface area contributed by atoms with Crippen LogP contribution in [0.15, 0.2) is 11.1 Å². The summed E-state index contributed by atoms with van der Waals surface area (Å²) in [7, 11) is 1.10. The fourth-order valence-electron chi connectivity index (χ4n) is 1.10. The predicted molar refractivity (Wildman–Crippen MR) is 44.7 cm³/mol. The number of benzene rings is 1. The van der Waals surface area contributed by atoms with Crippen molar-refractivity contribution in [2.24, 2.45) is 4.99 Å². The van der Waals surface area contributed by atoms with Gasteiger partial charge in [-0.15, -0.1) is 0 Å². The molecule has 0 saturated heterocycles. The summed E-state index contributed by atoms with van der Waals surface area (Å²) < 4.78 is 43.5. The molecule has 0 bridgehead atoms. The lowest BCUT2D eigenvalue weighted by Crippen LogP contribution is -2.01. The minimum absolute atomic E-state index is 0.363. The topological polar surface area (TPSA) is 38.7 Å². The molecule has 0 aliphatic carbocycles. The van der Waals surface area contributed by atoms with Crippen molar-refractivity contribution < 1.29 is 22.7 Å². The minimum Gasteiger partial charge on any atom is -0.493 e. The van der Waals surface area contributed by atoms with Crippen LogP contribution in [-0.2, 0) is 11.3 Å². The molecule has 0 spiro atoms. The van der Waals surface area contributed by atoms with E-state index in [4.69, 9.17) is 0 Å². The summed E-state index contributed by atoms with van der Waals surface area (Å²) in [5.41, 5.74) is -0.446. The van der Waals surface area contributed by atoms with E-state index in [1.54, 1.807) is 0 Å². The van der Waals surface area contributed by atoms with Crippen LogP contribution in [0.3, 0.4) is 0 Å². The standard InChI is InChI=1S/C9H6F3NO2/c1-15-9-5(3-13-4-14)8(12)6(10)2-7(9)11/h2H,3H2,1H3. The van der Waals surface area contributed by atoms with Crippen molar-refractivity contribution in [3.8, 4) is 5.75 Å². The molecule has 0 aromatic heterocycles. The van der Waals surface area contributed by atoms with Crippen LogP contribution < -0.4 is 4.74 Å². The molecule has 0 saturated carbocycles. The molecule has 15 heavy (non-hydrogen) atoms. The number of rotatable bonds is 3. The predicted octanol–water partition coefficient (Wildman–Crippen LogP) is 1.95. The molecule has 0 aliphatic rings. The zero-order chi connectivity index (χ0) is 11.4. The Labute approximate surface area is 83.2 Å². The first kappa shape index (κ1) is 11.3. The smallest absolute Gasteiger partial charge is 0.235 e. The summed E-state index contributed by atoms with van der Waals surface area (Å²) in [5, 5.41) is 0. The molecule has 1 aromatic carbocycles. The Morgan fingerprint density at radius 3 is 2.60 bits per heavy atom. The van der Waals surface area contributed by atoms with Crippen molar-refractivity contribution in [2.45, 2.75) is 6.54 Å². The number of ether oxygens (including phenoxy) is 1. The van der Waals surface area contributed by atoms with Crippen LogP contribution in [0.2, 0.25) is 0 Å². The fraction of sp³-hybridized carbons (Fsp3) is 0.222. The average Bonchev–Trinajstić information content (AvgIpc) is 2.21. The van der Waals surface area contributed by atoms with Crippen LogP contribution in [0.5, 0.6) is 5.75 Å². The fourth-order valence-corrected chi connectivity index (χ4v) is 1.10. The van der Waals surface area contributed by atoms with Crippen LogP contribution in [0.25, 0.3) is 0 Å². The van der Waals surface area contributed by atoms with E-state index in [2.05, 4.69) is 9.73 Å². The van der Waals surface area contributed by atoms with Crippen molar-refractivity contribution in [1.82, 2.24) is 0 Å². The third-order valence-electron chi connectivity index (χ3n) is 1.72. The number of hydrogen-bond donors (Lipinski definition) is 0. The van der Waals surface area contributed by atoms with Crippen molar-refractivity contribution in [3.05, 3.63) is 29.1 Å². The van der Waals surface area contributed by atoms with E-state index in [0.29, 0.717) is 6.07 Å². The van der Waals surface area contributed by atoms with Gasteiger partial charge in [-0.25, -0.2) is 23.0 Å². The van der Waals surface area contributed by atoms with Gasteiger partial charge in [0.25, 0.3) is 0 Å². The average molecular weight is 217 g/mol. The number of isocyanates is 1. The second-order valence-electron chi connectivity index (χ2n) is 2.57. The molecule has 0 radical (unpaired) electrons. The SMILES string of the molecule is COc1c(F)cc(F)c(F)c1CN=C=O. The summed E-state index contributed by atoms with van der Waals surface area (Å²) in [6.45, 7) is -0.521. The van der Waals surface area contributed by atoms with E-state index in [1.807, 2.05) is 0 Å². The number of hydrogen-bond acceptors (Lipinski definition) is 3. The van der Waals surface area contributed by atoms with Crippen molar-refractivity contribution in [1.29, 1.82) is 0 Å². The zero-order valence-electron chi connectivity index (χ0n) is 7.68. The summed E-state index contributed by atoms with van der Waals surface area (Å²) in [5.74, 6) is -4.16. The number of nitrogens with zero attached hydrogens (tertiary/aromatic N) is 1. The summed E-state index contributed by atoms with van der Waals surface area (Å²) >= 11 is 0. The van der Waals surface area contributed by atoms with Gasteiger partial charge >= 0.3 is 0 Å². The third kappa shape index (κ3) is 2.16. The van der Waals surface area contributed by atoms with Gasteiger partial charge in [-0.3, -0.25) is 0 Å². The molecule has 1 aromatic rings. The van der Waals surface area contributed by atoms with Gasteiger partial charge in [0.15, 0.2) is 23.2 Å². The third-order valence-corrected chi connectivity index (χ3v) is 1.72. The maximum absolute atomic E-state index is 13.1. The lowest BCUT2D eigenvalue weighted by atomic mass is 10.1. The molecule has 0 unspecified atom stereocenters. The lowest BCUT2D eigenvalue weighted by Gasteiger charge is -2.08. The first-order valence-electron chi connectivity index (χ1n) is 3.85. The van der Waals surface area contributed by atoms with Gasteiger partial charge in [-0.1, -0.05) is 0 Å². The Bertz CT molecular complexity index is 428. The highest BCUT2D eigenvalue weighted by Gasteiger charge is 2.18. The quantitative estimate of drug-likeness (QED) is 0.441. The minimum atomic E-state index is -1.36. The van der Waals surface area contributed by atoms with Crippen LogP contribution >= 0.6 is 0 Å². The Balaban J connectivity index is 3.35. The first-order chi connectivity index (χ1) is 7.11. The van der Waals surface area contributed by atoms with Crippen LogP contribution in [0.1, 0.15) is 5.56 Å². The van der Waals surface area contributed by atoms with Gasteiger partial charge in [0.1, 0.15) is 0 Å². The van der Waals surface area contributed by atoms with E-state index in [-0.39, 0.29) is 0 Å². The van der Waals surface area contributed by atoms with Crippen LogP contribution in [-0.4, -0.2) is 13.2 Å². The monoisotopic (exact) mass is 217 g/mol. The molecular formula is C9H6F3NO2. The Kier molecular flexibility index (Phi) is 3.46. The van der Waals surface area contributed by atoms with Gasteiger partial charge < -0.3 is 4.74 Å².